The van der Waals surface area contributed by atoms with Gasteiger partial charge in [0.2, 0.25) is 0 Å². The standard InChI is InChI=1S/C15H18BrNS/c1-11(8-13-6-4-3-5-7-13)17-12(2)15-9-14(16)10-18-15/h3-7,9-12,17H,8H2,1-2H3. The molecule has 0 aliphatic rings. The molecule has 0 saturated carbocycles. The molecule has 2 rings (SSSR count). The maximum Gasteiger partial charge on any atom is 0.0388 e. The number of rotatable bonds is 5. The van der Waals surface area contributed by atoms with E-state index < -0.39 is 0 Å². The van der Waals surface area contributed by atoms with Gasteiger partial charge in [0.15, 0.2) is 0 Å². The summed E-state index contributed by atoms with van der Waals surface area (Å²) in [5, 5.41) is 5.78. The van der Waals surface area contributed by atoms with Crippen molar-refractivity contribution in [2.75, 3.05) is 0 Å². The highest BCUT2D eigenvalue weighted by Crippen LogP contribution is 2.25. The largest absolute Gasteiger partial charge is 0.307 e. The Hall–Kier alpha value is -0.640. The summed E-state index contributed by atoms with van der Waals surface area (Å²) in [7, 11) is 0. The van der Waals surface area contributed by atoms with Crippen LogP contribution in [0.1, 0.15) is 30.3 Å². The molecule has 2 atom stereocenters. The van der Waals surface area contributed by atoms with Crippen molar-refractivity contribution in [3.63, 3.8) is 0 Å². The Morgan fingerprint density at radius 2 is 1.94 bits per heavy atom. The van der Waals surface area contributed by atoms with Crippen molar-refractivity contribution in [1.82, 2.24) is 5.32 Å². The zero-order valence-corrected chi connectivity index (χ0v) is 13.1. The average molecular weight is 324 g/mol. The molecule has 1 N–H and O–H groups in total. The molecule has 2 unspecified atom stereocenters. The SMILES string of the molecule is CC(Cc1ccccc1)NC(C)c1cc(Br)cs1. The molecule has 0 spiro atoms. The number of nitrogens with one attached hydrogen (secondary N) is 1. The topological polar surface area (TPSA) is 12.0 Å². The number of hydrogen-bond acceptors (Lipinski definition) is 2. The fraction of sp³-hybridized carbons (Fsp3) is 0.333. The van der Waals surface area contributed by atoms with Gasteiger partial charge in [-0.3, -0.25) is 0 Å². The van der Waals surface area contributed by atoms with E-state index in [1.54, 1.807) is 11.3 Å². The van der Waals surface area contributed by atoms with Gasteiger partial charge in [0, 0.05) is 26.8 Å². The second-order valence-corrected chi connectivity index (χ2v) is 6.50. The lowest BCUT2D eigenvalue weighted by atomic mass is 10.1. The van der Waals surface area contributed by atoms with E-state index in [9.17, 15) is 0 Å². The zero-order valence-electron chi connectivity index (χ0n) is 10.7. The second-order valence-electron chi connectivity index (χ2n) is 4.65. The summed E-state index contributed by atoms with van der Waals surface area (Å²) >= 11 is 5.30. The van der Waals surface area contributed by atoms with Crippen molar-refractivity contribution in [3.8, 4) is 0 Å². The predicted octanol–water partition coefficient (Wildman–Crippen LogP) is 4.79. The van der Waals surface area contributed by atoms with E-state index in [1.807, 2.05) is 0 Å². The fourth-order valence-corrected chi connectivity index (χ4v) is 3.55. The van der Waals surface area contributed by atoms with Crippen molar-refractivity contribution in [3.05, 3.63) is 56.7 Å². The molecule has 1 nitrogen and oxygen atoms in total. The van der Waals surface area contributed by atoms with Crippen LogP contribution in [0.4, 0.5) is 0 Å². The van der Waals surface area contributed by atoms with Gasteiger partial charge in [0.05, 0.1) is 0 Å². The highest BCUT2D eigenvalue weighted by Gasteiger charge is 2.11. The molecule has 0 saturated heterocycles. The molecule has 0 aliphatic carbocycles. The smallest absolute Gasteiger partial charge is 0.0388 e. The van der Waals surface area contributed by atoms with Gasteiger partial charge < -0.3 is 5.32 Å². The third-order valence-corrected chi connectivity index (χ3v) is 4.81. The van der Waals surface area contributed by atoms with Crippen LogP contribution in [0, 0.1) is 0 Å². The summed E-state index contributed by atoms with van der Waals surface area (Å²) in [6, 6.07) is 13.7. The van der Waals surface area contributed by atoms with Crippen LogP contribution in [0.5, 0.6) is 0 Å². The fourth-order valence-electron chi connectivity index (χ4n) is 2.09. The van der Waals surface area contributed by atoms with Gasteiger partial charge in [0.1, 0.15) is 0 Å². The Labute approximate surface area is 121 Å². The number of benzene rings is 1. The summed E-state index contributed by atoms with van der Waals surface area (Å²) in [6.45, 7) is 4.46. The van der Waals surface area contributed by atoms with Gasteiger partial charge >= 0.3 is 0 Å². The third kappa shape index (κ3) is 3.94. The molecular formula is C15H18BrNS. The van der Waals surface area contributed by atoms with Crippen molar-refractivity contribution in [1.29, 1.82) is 0 Å². The van der Waals surface area contributed by atoms with Crippen LogP contribution in [-0.2, 0) is 6.42 Å². The van der Waals surface area contributed by atoms with Gasteiger partial charge in [-0.05, 0) is 47.8 Å². The third-order valence-electron chi connectivity index (χ3n) is 2.93. The minimum absolute atomic E-state index is 0.403. The summed E-state index contributed by atoms with van der Waals surface area (Å²) in [5.41, 5.74) is 1.39. The Bertz CT molecular complexity index is 480. The molecule has 3 heteroatoms. The van der Waals surface area contributed by atoms with E-state index in [0.29, 0.717) is 12.1 Å². The molecular weight excluding hydrogens is 306 g/mol. The maximum absolute atomic E-state index is 3.65. The first-order valence-corrected chi connectivity index (χ1v) is 7.86. The summed E-state index contributed by atoms with van der Waals surface area (Å²) in [5.74, 6) is 0. The Balaban J connectivity index is 1.89. The molecule has 96 valence electrons. The first-order valence-electron chi connectivity index (χ1n) is 6.19. The van der Waals surface area contributed by atoms with Crippen LogP contribution in [-0.4, -0.2) is 6.04 Å². The quantitative estimate of drug-likeness (QED) is 0.833. The van der Waals surface area contributed by atoms with Gasteiger partial charge in [0.25, 0.3) is 0 Å². The van der Waals surface area contributed by atoms with E-state index in [-0.39, 0.29) is 0 Å². The van der Waals surface area contributed by atoms with E-state index in [2.05, 4.69) is 76.9 Å². The number of halogens is 1. The van der Waals surface area contributed by atoms with Crippen LogP contribution in [0.2, 0.25) is 0 Å². The maximum atomic E-state index is 3.65. The van der Waals surface area contributed by atoms with Gasteiger partial charge in [-0.25, -0.2) is 0 Å². The van der Waals surface area contributed by atoms with E-state index in [4.69, 9.17) is 0 Å². The van der Waals surface area contributed by atoms with E-state index >= 15 is 0 Å². The Kier molecular flexibility index (Phi) is 4.98. The van der Waals surface area contributed by atoms with Crippen molar-refractivity contribution < 1.29 is 0 Å². The zero-order chi connectivity index (χ0) is 13.0. The lowest BCUT2D eigenvalue weighted by Gasteiger charge is -2.19. The number of thiophene rings is 1. The van der Waals surface area contributed by atoms with Gasteiger partial charge in [-0.1, -0.05) is 30.3 Å². The summed E-state index contributed by atoms with van der Waals surface area (Å²) < 4.78 is 1.17. The molecule has 0 aliphatic heterocycles. The monoisotopic (exact) mass is 323 g/mol. The molecule has 0 bridgehead atoms. The Morgan fingerprint density at radius 3 is 2.56 bits per heavy atom. The minimum atomic E-state index is 0.403. The van der Waals surface area contributed by atoms with Crippen LogP contribution in [0.25, 0.3) is 0 Å². The normalized spacial score (nSPS) is 14.4. The Morgan fingerprint density at radius 1 is 1.22 bits per heavy atom. The van der Waals surface area contributed by atoms with Crippen molar-refractivity contribution >= 4 is 27.3 Å². The molecule has 0 fully saturated rings. The lowest BCUT2D eigenvalue weighted by molar-refractivity contribution is 0.482. The van der Waals surface area contributed by atoms with Gasteiger partial charge in [-0.15, -0.1) is 11.3 Å². The second kappa shape index (κ2) is 6.50. The molecule has 1 heterocycles. The van der Waals surface area contributed by atoms with Crippen LogP contribution in [0.3, 0.4) is 0 Å². The van der Waals surface area contributed by atoms with Crippen LogP contribution in [0.15, 0.2) is 46.3 Å². The average Bonchev–Trinajstić information content (AvgIpc) is 2.77. The van der Waals surface area contributed by atoms with E-state index in [1.165, 1.54) is 14.9 Å². The van der Waals surface area contributed by atoms with Crippen molar-refractivity contribution in [2.45, 2.75) is 32.4 Å². The van der Waals surface area contributed by atoms with Crippen molar-refractivity contribution in [2.24, 2.45) is 0 Å². The highest BCUT2D eigenvalue weighted by atomic mass is 79.9. The minimum Gasteiger partial charge on any atom is -0.307 e. The van der Waals surface area contributed by atoms with E-state index in [0.717, 1.165) is 6.42 Å². The summed E-state index contributed by atoms with van der Waals surface area (Å²) in [4.78, 5) is 1.38. The molecule has 18 heavy (non-hydrogen) atoms. The molecule has 0 amide bonds. The predicted molar refractivity (Wildman–Crippen MR) is 83.2 cm³/mol. The van der Waals surface area contributed by atoms with Crippen LogP contribution >= 0.6 is 27.3 Å². The lowest BCUT2D eigenvalue weighted by Crippen LogP contribution is -2.30. The molecule has 2 aromatic rings. The summed E-state index contributed by atoms with van der Waals surface area (Å²) in [6.07, 6.45) is 1.07. The molecule has 1 aromatic carbocycles. The molecule has 0 radical (unpaired) electrons. The first kappa shape index (κ1) is 13.8. The first-order chi connectivity index (χ1) is 8.65. The van der Waals surface area contributed by atoms with Crippen LogP contribution < -0.4 is 5.32 Å². The number of hydrogen-bond donors (Lipinski definition) is 1. The molecule has 1 aromatic heterocycles. The highest BCUT2D eigenvalue weighted by molar-refractivity contribution is 9.10. The van der Waals surface area contributed by atoms with Gasteiger partial charge in [-0.2, -0.15) is 0 Å².